The predicted molar refractivity (Wildman–Crippen MR) is 143 cm³/mol. The topological polar surface area (TPSA) is 97.4 Å². The molecule has 0 aliphatic carbocycles. The first-order valence-electron chi connectivity index (χ1n) is 13.2. The number of benzene rings is 2. The van der Waals surface area contributed by atoms with Crippen LogP contribution in [0.1, 0.15) is 66.1 Å². The average Bonchev–Trinajstić information content (AvgIpc) is 3.35. The lowest BCUT2D eigenvalue weighted by molar-refractivity contribution is -0.127. The van der Waals surface area contributed by atoms with E-state index in [1.165, 1.54) is 7.11 Å². The molecular weight excluding hydrogens is 486 g/mol. The lowest BCUT2D eigenvalue weighted by atomic mass is 9.79. The van der Waals surface area contributed by atoms with E-state index < -0.39 is 12.0 Å². The van der Waals surface area contributed by atoms with E-state index in [2.05, 4.69) is 5.32 Å². The van der Waals surface area contributed by atoms with Gasteiger partial charge in [-0.15, -0.1) is 0 Å². The predicted octanol–water partition coefficient (Wildman–Crippen LogP) is 3.53. The first-order chi connectivity index (χ1) is 18.4. The summed E-state index contributed by atoms with van der Waals surface area (Å²) in [6.07, 6.45) is 2.89. The van der Waals surface area contributed by atoms with Crippen molar-refractivity contribution in [2.45, 2.75) is 44.6 Å². The Hall–Kier alpha value is -3.75. The molecule has 0 saturated carbocycles. The fourth-order valence-corrected chi connectivity index (χ4v) is 5.54. The van der Waals surface area contributed by atoms with Crippen LogP contribution in [0.25, 0.3) is 0 Å². The summed E-state index contributed by atoms with van der Waals surface area (Å²) in [6, 6.07) is 10.4. The monoisotopic (exact) mass is 523 g/mol. The smallest absolute Gasteiger partial charge is 0.254 e. The molecule has 3 amide bonds. The molecule has 2 aromatic rings. The van der Waals surface area contributed by atoms with Crippen molar-refractivity contribution >= 4 is 17.7 Å². The van der Waals surface area contributed by atoms with E-state index in [-0.39, 0.29) is 17.7 Å². The van der Waals surface area contributed by atoms with Crippen molar-refractivity contribution in [3.63, 3.8) is 0 Å². The molecule has 0 unspecified atom stereocenters. The number of fused-ring (bicyclic) bond motifs is 1. The van der Waals surface area contributed by atoms with Crippen LogP contribution in [0.3, 0.4) is 0 Å². The van der Waals surface area contributed by atoms with E-state index in [1.807, 2.05) is 42.2 Å². The molecule has 1 saturated heterocycles. The molecule has 38 heavy (non-hydrogen) atoms. The minimum absolute atomic E-state index is 0.113. The maximum Gasteiger partial charge on any atom is 0.254 e. The van der Waals surface area contributed by atoms with Crippen LogP contribution in [0.2, 0.25) is 0 Å². The highest BCUT2D eigenvalue weighted by Crippen LogP contribution is 2.47. The van der Waals surface area contributed by atoms with Gasteiger partial charge in [-0.25, -0.2) is 0 Å². The fourth-order valence-electron chi connectivity index (χ4n) is 5.54. The minimum Gasteiger partial charge on any atom is -0.493 e. The van der Waals surface area contributed by atoms with Gasteiger partial charge in [0.2, 0.25) is 17.6 Å². The molecule has 2 aliphatic heterocycles. The molecule has 2 aromatic carbocycles. The van der Waals surface area contributed by atoms with Gasteiger partial charge in [0.05, 0.1) is 33.3 Å². The number of nitrogens with one attached hydrogen (secondary N) is 1. The number of likely N-dealkylation sites (tertiary alicyclic amines) is 1. The van der Waals surface area contributed by atoms with Crippen LogP contribution in [0.5, 0.6) is 17.2 Å². The number of ether oxygens (including phenoxy) is 3. The molecular formula is C29H37N3O6. The van der Waals surface area contributed by atoms with Crippen LogP contribution in [-0.4, -0.2) is 75.0 Å². The van der Waals surface area contributed by atoms with E-state index in [0.717, 1.165) is 24.9 Å². The molecule has 0 radical (unpaired) electrons. The summed E-state index contributed by atoms with van der Waals surface area (Å²) in [7, 11) is 4.62. The van der Waals surface area contributed by atoms with Crippen molar-refractivity contribution in [3.05, 3.63) is 53.1 Å². The highest BCUT2D eigenvalue weighted by molar-refractivity contribution is 6.01. The van der Waals surface area contributed by atoms with Gasteiger partial charge in [-0.3, -0.25) is 14.4 Å². The van der Waals surface area contributed by atoms with Gasteiger partial charge in [-0.2, -0.15) is 0 Å². The maximum absolute atomic E-state index is 13.9. The van der Waals surface area contributed by atoms with Gasteiger partial charge in [-0.1, -0.05) is 25.1 Å². The Morgan fingerprint density at radius 3 is 2.34 bits per heavy atom. The largest absolute Gasteiger partial charge is 0.493 e. The van der Waals surface area contributed by atoms with E-state index in [9.17, 15) is 14.4 Å². The van der Waals surface area contributed by atoms with Gasteiger partial charge in [0.15, 0.2) is 11.5 Å². The molecule has 4 rings (SSSR count). The van der Waals surface area contributed by atoms with Crippen LogP contribution in [0.4, 0.5) is 0 Å². The summed E-state index contributed by atoms with van der Waals surface area (Å²) in [5, 5.41) is 3.09. The van der Waals surface area contributed by atoms with Gasteiger partial charge >= 0.3 is 0 Å². The molecule has 1 fully saturated rings. The molecule has 9 nitrogen and oxygen atoms in total. The molecule has 2 atom stereocenters. The quantitative estimate of drug-likeness (QED) is 0.453. The molecule has 2 aliphatic rings. The summed E-state index contributed by atoms with van der Waals surface area (Å²) in [5.74, 6) is 0.606. The SMILES string of the molecule is CCCN1C(=O)c2ccccc2[C@H](C(=O)NCCCN2CCCC2=O)[C@H]1c1cc(OC)c(OC)c(OC)c1. The van der Waals surface area contributed by atoms with E-state index in [1.54, 1.807) is 25.2 Å². The van der Waals surface area contributed by atoms with Crippen LogP contribution in [-0.2, 0) is 9.59 Å². The molecule has 0 bridgehead atoms. The summed E-state index contributed by atoms with van der Waals surface area (Å²) < 4.78 is 16.7. The van der Waals surface area contributed by atoms with Gasteiger partial charge in [0, 0.05) is 38.2 Å². The van der Waals surface area contributed by atoms with E-state index in [4.69, 9.17) is 14.2 Å². The number of methoxy groups -OCH3 is 3. The summed E-state index contributed by atoms with van der Waals surface area (Å²) >= 11 is 0. The van der Waals surface area contributed by atoms with Crippen molar-refractivity contribution in [2.24, 2.45) is 0 Å². The molecule has 2 heterocycles. The summed E-state index contributed by atoms with van der Waals surface area (Å²) in [4.78, 5) is 43.1. The van der Waals surface area contributed by atoms with Gasteiger partial charge in [-0.05, 0) is 48.6 Å². The lowest BCUT2D eigenvalue weighted by Gasteiger charge is -2.42. The fraction of sp³-hybridized carbons (Fsp3) is 0.483. The Labute approximate surface area is 224 Å². The standard InChI is InChI=1S/C29H37N3O6/c1-5-14-32-26(19-17-22(36-2)27(38-4)23(18-19)37-3)25(20-10-6-7-11-21(20)29(32)35)28(34)30-13-9-16-31-15-8-12-24(31)33/h6-7,10-11,17-18,25-26H,5,8-9,12-16H2,1-4H3,(H,30,34)/t25-,26+/m0/s1. The number of nitrogens with zero attached hydrogens (tertiary/aromatic N) is 2. The highest BCUT2D eigenvalue weighted by Gasteiger charge is 2.44. The van der Waals surface area contributed by atoms with Crippen LogP contribution in [0, 0.1) is 0 Å². The van der Waals surface area contributed by atoms with Crippen LogP contribution < -0.4 is 19.5 Å². The van der Waals surface area contributed by atoms with Crippen molar-refractivity contribution in [1.82, 2.24) is 15.1 Å². The first kappa shape index (κ1) is 27.3. The van der Waals surface area contributed by atoms with Crippen LogP contribution >= 0.6 is 0 Å². The van der Waals surface area contributed by atoms with Crippen LogP contribution in [0.15, 0.2) is 36.4 Å². The lowest BCUT2D eigenvalue weighted by Crippen LogP contribution is -2.48. The Balaban J connectivity index is 1.71. The number of hydrogen-bond donors (Lipinski definition) is 1. The summed E-state index contributed by atoms with van der Waals surface area (Å²) in [6.45, 7) is 4.33. The Morgan fingerprint density at radius 1 is 1.03 bits per heavy atom. The minimum atomic E-state index is -0.647. The number of carbonyl (C=O) groups is 3. The molecule has 204 valence electrons. The van der Waals surface area contributed by atoms with E-state index in [0.29, 0.717) is 60.9 Å². The third-order valence-corrected chi connectivity index (χ3v) is 7.29. The number of carbonyl (C=O) groups excluding carboxylic acids is 3. The van der Waals surface area contributed by atoms with E-state index >= 15 is 0 Å². The second kappa shape index (κ2) is 12.2. The normalized spacial score (nSPS) is 18.8. The van der Waals surface area contributed by atoms with Crippen molar-refractivity contribution < 1.29 is 28.6 Å². The molecule has 1 N–H and O–H groups in total. The van der Waals surface area contributed by atoms with Crippen molar-refractivity contribution in [2.75, 3.05) is 47.5 Å². The summed E-state index contributed by atoms with van der Waals surface area (Å²) in [5.41, 5.74) is 1.95. The Bertz CT molecular complexity index is 1160. The zero-order valence-corrected chi connectivity index (χ0v) is 22.6. The second-order valence-electron chi connectivity index (χ2n) is 9.60. The first-order valence-corrected chi connectivity index (χ1v) is 13.2. The molecule has 0 spiro atoms. The van der Waals surface area contributed by atoms with Crippen molar-refractivity contribution in [1.29, 1.82) is 0 Å². The van der Waals surface area contributed by atoms with Gasteiger partial charge in [0.25, 0.3) is 5.91 Å². The number of amides is 3. The second-order valence-corrected chi connectivity index (χ2v) is 9.60. The Morgan fingerprint density at radius 2 is 1.74 bits per heavy atom. The number of rotatable bonds is 11. The van der Waals surface area contributed by atoms with Gasteiger partial charge in [0.1, 0.15) is 0 Å². The average molecular weight is 524 g/mol. The molecule has 9 heteroatoms. The maximum atomic E-state index is 13.9. The molecule has 0 aromatic heterocycles. The Kier molecular flexibility index (Phi) is 8.76. The van der Waals surface area contributed by atoms with Gasteiger partial charge < -0.3 is 29.3 Å². The third kappa shape index (κ3) is 5.28. The zero-order valence-electron chi connectivity index (χ0n) is 22.6. The van der Waals surface area contributed by atoms with Crippen molar-refractivity contribution in [3.8, 4) is 17.2 Å². The zero-order chi connectivity index (χ0) is 27.2. The third-order valence-electron chi connectivity index (χ3n) is 7.29. The number of hydrogen-bond acceptors (Lipinski definition) is 6. The highest BCUT2D eigenvalue weighted by atomic mass is 16.5.